The molecule has 1 aromatic carbocycles. The number of nitrogens with two attached hydrogens (primary N) is 1. The van der Waals surface area contributed by atoms with Crippen LogP contribution in [0.25, 0.3) is 0 Å². The standard InChI is InChI=1S/C28H44N6O6.ClH/c1-16(2)11-21-28(39)32-22(12-19-7-9-20(40-6)10-8-19)27(38)30-18(5)26(37)33-23(17(3)4)14-34(25(36)13-29)15-24(35)31-21;/h7-10,16-18,21-23H,11-15,29H2,1-6H3,(H,30,38)(H,31,35)(H,32,39)(H,33,37);1H/t18-,21+,22+,23-;/m1./s1. The third kappa shape index (κ3) is 11.2. The molecule has 0 aliphatic carbocycles. The van der Waals surface area contributed by atoms with Crippen LogP contribution in [0.5, 0.6) is 5.75 Å². The largest absolute Gasteiger partial charge is 0.497 e. The average Bonchev–Trinajstić information content (AvgIpc) is 2.90. The van der Waals surface area contributed by atoms with E-state index in [1.807, 2.05) is 27.7 Å². The molecular weight excluding hydrogens is 552 g/mol. The van der Waals surface area contributed by atoms with Gasteiger partial charge in [0.15, 0.2) is 0 Å². The normalized spacial score (nSPS) is 22.9. The SMILES string of the molecule is COc1ccc(C[C@@H]2NC(=O)[C@H](CC(C)C)NC(=O)CN(C(=O)CN)C[C@H](C(C)C)NC(=O)[C@@H](C)NC2=O)cc1.Cl. The van der Waals surface area contributed by atoms with Crippen LogP contribution in [0, 0.1) is 11.8 Å². The number of nitrogens with one attached hydrogen (secondary N) is 4. The number of ether oxygens (including phenoxy) is 1. The van der Waals surface area contributed by atoms with E-state index in [1.165, 1.54) is 4.90 Å². The van der Waals surface area contributed by atoms with Crippen LogP contribution in [0.3, 0.4) is 0 Å². The molecule has 1 aliphatic heterocycles. The Hall–Kier alpha value is -3.38. The summed E-state index contributed by atoms with van der Waals surface area (Å²) in [5.74, 6) is -1.97. The third-order valence-corrected chi connectivity index (χ3v) is 6.75. The average molecular weight is 597 g/mol. The fourth-order valence-electron chi connectivity index (χ4n) is 4.33. The van der Waals surface area contributed by atoms with Crippen molar-refractivity contribution in [3.8, 4) is 5.75 Å². The Morgan fingerprint density at radius 2 is 1.56 bits per heavy atom. The monoisotopic (exact) mass is 596 g/mol. The molecule has 0 unspecified atom stereocenters. The van der Waals surface area contributed by atoms with Crippen molar-refractivity contribution in [2.24, 2.45) is 17.6 Å². The van der Waals surface area contributed by atoms with E-state index in [1.54, 1.807) is 38.3 Å². The second-order valence-corrected chi connectivity index (χ2v) is 10.9. The van der Waals surface area contributed by atoms with Crippen LogP contribution in [0.4, 0.5) is 0 Å². The van der Waals surface area contributed by atoms with Gasteiger partial charge < -0.3 is 36.6 Å². The first-order valence-electron chi connectivity index (χ1n) is 13.7. The van der Waals surface area contributed by atoms with Crippen molar-refractivity contribution >= 4 is 41.9 Å². The topological polar surface area (TPSA) is 172 Å². The fraction of sp³-hybridized carbons (Fsp3) is 0.607. The summed E-state index contributed by atoms with van der Waals surface area (Å²) in [4.78, 5) is 66.8. The predicted molar refractivity (Wildman–Crippen MR) is 157 cm³/mol. The lowest BCUT2D eigenvalue weighted by molar-refractivity contribution is -0.137. The highest BCUT2D eigenvalue weighted by Crippen LogP contribution is 2.14. The van der Waals surface area contributed by atoms with Crippen molar-refractivity contribution in [3.05, 3.63) is 29.8 Å². The second kappa shape index (κ2) is 16.8. The van der Waals surface area contributed by atoms with Crippen LogP contribution in [0.2, 0.25) is 0 Å². The summed E-state index contributed by atoms with van der Waals surface area (Å²) in [5.41, 5.74) is 6.36. The van der Waals surface area contributed by atoms with Gasteiger partial charge in [-0.25, -0.2) is 0 Å². The summed E-state index contributed by atoms with van der Waals surface area (Å²) in [7, 11) is 1.55. The lowest BCUT2D eigenvalue weighted by Gasteiger charge is -2.31. The zero-order valence-electron chi connectivity index (χ0n) is 24.7. The minimum absolute atomic E-state index is 0. The molecule has 0 saturated carbocycles. The van der Waals surface area contributed by atoms with Gasteiger partial charge in [-0.15, -0.1) is 12.4 Å². The summed E-state index contributed by atoms with van der Waals surface area (Å²) in [6.45, 7) is 8.50. The quantitative estimate of drug-likeness (QED) is 0.297. The number of nitrogens with zero attached hydrogens (tertiary/aromatic N) is 1. The predicted octanol–water partition coefficient (Wildman–Crippen LogP) is 0.122. The maximum atomic E-state index is 13.4. The van der Waals surface area contributed by atoms with Crippen molar-refractivity contribution in [1.82, 2.24) is 26.2 Å². The smallest absolute Gasteiger partial charge is 0.243 e. The maximum Gasteiger partial charge on any atom is 0.243 e. The molecular formula is C28H45ClN6O6. The van der Waals surface area contributed by atoms with Gasteiger partial charge in [0.05, 0.1) is 20.2 Å². The first kappa shape index (κ1) is 35.6. The van der Waals surface area contributed by atoms with Gasteiger partial charge in [0.2, 0.25) is 29.5 Å². The Balaban J connectivity index is 0.00000840. The van der Waals surface area contributed by atoms with E-state index in [2.05, 4.69) is 21.3 Å². The van der Waals surface area contributed by atoms with E-state index in [-0.39, 0.29) is 50.3 Å². The third-order valence-electron chi connectivity index (χ3n) is 6.75. The molecule has 41 heavy (non-hydrogen) atoms. The molecule has 1 aliphatic rings. The summed E-state index contributed by atoms with van der Waals surface area (Å²) >= 11 is 0. The van der Waals surface area contributed by atoms with E-state index in [0.29, 0.717) is 12.2 Å². The van der Waals surface area contributed by atoms with Gasteiger partial charge in [-0.05, 0) is 42.9 Å². The summed E-state index contributed by atoms with van der Waals surface area (Å²) in [6.07, 6.45) is 0.454. The zero-order chi connectivity index (χ0) is 30.0. The molecule has 0 aromatic heterocycles. The molecule has 6 N–H and O–H groups in total. The van der Waals surface area contributed by atoms with Gasteiger partial charge in [0.25, 0.3) is 0 Å². The van der Waals surface area contributed by atoms with Gasteiger partial charge in [-0.1, -0.05) is 39.8 Å². The van der Waals surface area contributed by atoms with E-state index in [9.17, 15) is 24.0 Å². The Morgan fingerprint density at radius 3 is 2.10 bits per heavy atom. The number of carbonyl (C=O) groups excluding carboxylic acids is 5. The molecule has 2 rings (SSSR count). The minimum atomic E-state index is -1.02. The van der Waals surface area contributed by atoms with Crippen molar-refractivity contribution in [2.45, 2.75) is 71.6 Å². The molecule has 13 heteroatoms. The molecule has 5 amide bonds. The molecule has 0 spiro atoms. The van der Waals surface area contributed by atoms with Crippen LogP contribution in [-0.4, -0.2) is 85.3 Å². The molecule has 4 atom stereocenters. The highest BCUT2D eigenvalue weighted by atomic mass is 35.5. The lowest BCUT2D eigenvalue weighted by atomic mass is 10.0. The Labute approximate surface area is 248 Å². The van der Waals surface area contributed by atoms with Crippen LogP contribution in [0.1, 0.15) is 46.6 Å². The van der Waals surface area contributed by atoms with E-state index < -0.39 is 53.7 Å². The van der Waals surface area contributed by atoms with Gasteiger partial charge in [-0.2, -0.15) is 0 Å². The zero-order valence-corrected chi connectivity index (χ0v) is 25.5. The van der Waals surface area contributed by atoms with E-state index in [0.717, 1.165) is 5.56 Å². The van der Waals surface area contributed by atoms with Crippen molar-refractivity contribution < 1.29 is 28.7 Å². The molecule has 1 heterocycles. The molecule has 12 nitrogen and oxygen atoms in total. The summed E-state index contributed by atoms with van der Waals surface area (Å²) in [6, 6.07) is 3.65. The lowest BCUT2D eigenvalue weighted by Crippen LogP contribution is -2.57. The summed E-state index contributed by atoms with van der Waals surface area (Å²) in [5, 5.41) is 11.1. The highest BCUT2D eigenvalue weighted by Gasteiger charge is 2.32. The van der Waals surface area contributed by atoms with Crippen molar-refractivity contribution in [1.29, 1.82) is 0 Å². The number of amides is 5. The number of methoxy groups -OCH3 is 1. The molecule has 1 saturated heterocycles. The summed E-state index contributed by atoms with van der Waals surface area (Å²) < 4.78 is 5.20. The molecule has 1 aromatic rings. The molecule has 230 valence electrons. The van der Waals surface area contributed by atoms with Crippen LogP contribution < -0.4 is 31.7 Å². The number of halogens is 1. The molecule has 0 radical (unpaired) electrons. The van der Waals surface area contributed by atoms with Gasteiger partial charge >= 0.3 is 0 Å². The molecule has 0 bridgehead atoms. The number of hydrogen-bond acceptors (Lipinski definition) is 7. The van der Waals surface area contributed by atoms with Gasteiger partial charge in [0.1, 0.15) is 23.9 Å². The number of rotatable bonds is 7. The van der Waals surface area contributed by atoms with Crippen LogP contribution >= 0.6 is 12.4 Å². The Morgan fingerprint density at radius 1 is 0.951 bits per heavy atom. The van der Waals surface area contributed by atoms with Crippen molar-refractivity contribution in [2.75, 3.05) is 26.7 Å². The number of carbonyl (C=O) groups is 5. The number of hydrogen-bond donors (Lipinski definition) is 5. The van der Waals surface area contributed by atoms with E-state index in [4.69, 9.17) is 10.5 Å². The Bertz CT molecular complexity index is 1050. The van der Waals surface area contributed by atoms with Crippen molar-refractivity contribution in [3.63, 3.8) is 0 Å². The van der Waals surface area contributed by atoms with Gasteiger partial charge in [0, 0.05) is 19.0 Å². The highest BCUT2D eigenvalue weighted by molar-refractivity contribution is 5.95. The second-order valence-electron chi connectivity index (χ2n) is 10.9. The fourth-order valence-corrected chi connectivity index (χ4v) is 4.33. The maximum absolute atomic E-state index is 13.4. The van der Waals surface area contributed by atoms with Crippen LogP contribution in [-0.2, 0) is 30.4 Å². The first-order valence-corrected chi connectivity index (χ1v) is 13.7. The minimum Gasteiger partial charge on any atom is -0.497 e. The Kier molecular flexibility index (Phi) is 14.6. The number of benzene rings is 1. The van der Waals surface area contributed by atoms with E-state index >= 15 is 0 Å². The van der Waals surface area contributed by atoms with Gasteiger partial charge in [-0.3, -0.25) is 24.0 Å². The molecule has 1 fully saturated rings. The first-order chi connectivity index (χ1) is 18.8. The van der Waals surface area contributed by atoms with Crippen LogP contribution in [0.15, 0.2) is 24.3 Å².